The highest BCUT2D eigenvalue weighted by molar-refractivity contribution is 9.12. The summed E-state index contributed by atoms with van der Waals surface area (Å²) in [6.07, 6.45) is 1.37. The van der Waals surface area contributed by atoms with Crippen molar-refractivity contribution in [2.24, 2.45) is 10.7 Å². The molecular weight excluding hydrogens is 239 g/mol. The third-order valence-corrected chi connectivity index (χ3v) is 1.77. The normalized spacial score (nSPS) is 13.5. The Morgan fingerprint density at radius 3 is 2.40 bits per heavy atom. The highest BCUT2D eigenvalue weighted by Crippen LogP contribution is 2.18. The van der Waals surface area contributed by atoms with Gasteiger partial charge >= 0.3 is 0 Å². The second-order valence-electron chi connectivity index (χ2n) is 1.33. The largest absolute Gasteiger partial charge is 0.374 e. The number of aliphatic imine (C=N–C) groups is 1. The molecule has 0 aliphatic heterocycles. The van der Waals surface area contributed by atoms with Crippen molar-refractivity contribution in [1.82, 2.24) is 0 Å². The average molecular weight is 244 g/mol. The van der Waals surface area contributed by atoms with Gasteiger partial charge in [-0.3, -0.25) is 0 Å². The van der Waals surface area contributed by atoms with Crippen LogP contribution in [0.4, 0.5) is 0 Å². The van der Waals surface area contributed by atoms with Gasteiger partial charge in [-0.2, -0.15) is 0 Å². The molecule has 0 aliphatic carbocycles. The summed E-state index contributed by atoms with van der Waals surface area (Å²) >= 11 is 13.7. The van der Waals surface area contributed by atoms with E-state index in [1.807, 2.05) is 0 Å². The first-order chi connectivity index (χ1) is 4.54. The Bertz CT molecular complexity index is 194. The lowest BCUT2D eigenvalue weighted by Gasteiger charge is -1.89. The molecule has 0 unspecified atom stereocenters. The number of amidine groups is 1. The van der Waals surface area contributed by atoms with Crippen LogP contribution in [0.3, 0.4) is 0 Å². The van der Waals surface area contributed by atoms with Crippen molar-refractivity contribution in [3.8, 4) is 0 Å². The summed E-state index contributed by atoms with van der Waals surface area (Å²) < 4.78 is 0.553. The SMILES string of the molecule is C=C(Cl)/C(Br)=C\N=C(N)Cl. The second kappa shape index (κ2) is 4.77. The molecule has 0 fully saturated rings. The van der Waals surface area contributed by atoms with Crippen molar-refractivity contribution >= 4 is 44.4 Å². The molecule has 0 heterocycles. The minimum absolute atomic E-state index is 0.0464. The maximum atomic E-state index is 5.45. The smallest absolute Gasteiger partial charge is 0.193 e. The van der Waals surface area contributed by atoms with E-state index in [2.05, 4.69) is 27.5 Å². The highest BCUT2D eigenvalue weighted by Gasteiger charge is 1.91. The van der Waals surface area contributed by atoms with Crippen LogP contribution in [0.25, 0.3) is 0 Å². The summed E-state index contributed by atoms with van der Waals surface area (Å²) in [5, 5.41) is 0.302. The Morgan fingerprint density at radius 2 is 2.10 bits per heavy atom. The van der Waals surface area contributed by atoms with Gasteiger partial charge in [0.05, 0.1) is 4.48 Å². The van der Waals surface area contributed by atoms with Gasteiger partial charge in [0.15, 0.2) is 5.29 Å². The van der Waals surface area contributed by atoms with Crippen LogP contribution < -0.4 is 5.73 Å². The van der Waals surface area contributed by atoms with Gasteiger partial charge in [0.2, 0.25) is 0 Å². The van der Waals surface area contributed by atoms with Gasteiger partial charge < -0.3 is 5.73 Å². The molecule has 0 saturated heterocycles. The molecule has 0 aliphatic rings. The fraction of sp³-hybridized carbons (Fsp3) is 0. The molecular formula is C5H5BrCl2N2. The van der Waals surface area contributed by atoms with Crippen LogP contribution in [0.2, 0.25) is 0 Å². The minimum atomic E-state index is -0.0464. The minimum Gasteiger partial charge on any atom is -0.374 e. The number of halogens is 3. The molecule has 0 bridgehead atoms. The van der Waals surface area contributed by atoms with E-state index >= 15 is 0 Å². The third kappa shape index (κ3) is 4.85. The molecule has 0 amide bonds. The van der Waals surface area contributed by atoms with Crippen molar-refractivity contribution < 1.29 is 0 Å². The Balaban J connectivity index is 4.19. The molecule has 0 radical (unpaired) electrons. The van der Waals surface area contributed by atoms with Crippen LogP contribution in [-0.4, -0.2) is 5.29 Å². The summed E-state index contributed by atoms with van der Waals surface area (Å²) in [6, 6.07) is 0. The molecule has 0 spiro atoms. The molecule has 56 valence electrons. The van der Waals surface area contributed by atoms with Crippen LogP contribution in [0, 0.1) is 0 Å². The number of rotatable bonds is 2. The quantitative estimate of drug-likeness (QED) is 0.344. The molecule has 10 heavy (non-hydrogen) atoms. The van der Waals surface area contributed by atoms with Gasteiger partial charge in [-0.15, -0.1) is 0 Å². The third-order valence-electron chi connectivity index (χ3n) is 0.560. The van der Waals surface area contributed by atoms with E-state index in [0.29, 0.717) is 9.51 Å². The number of nitrogens with zero attached hydrogens (tertiary/aromatic N) is 1. The fourth-order valence-electron chi connectivity index (χ4n) is 0.188. The maximum absolute atomic E-state index is 5.45. The summed E-state index contributed by atoms with van der Waals surface area (Å²) in [7, 11) is 0. The van der Waals surface area contributed by atoms with Crippen LogP contribution in [0.5, 0.6) is 0 Å². The summed E-state index contributed by atoms with van der Waals surface area (Å²) in [4.78, 5) is 3.55. The Morgan fingerprint density at radius 1 is 1.60 bits per heavy atom. The number of hydrogen-bond donors (Lipinski definition) is 1. The van der Waals surface area contributed by atoms with E-state index in [0.717, 1.165) is 0 Å². The summed E-state index contributed by atoms with van der Waals surface area (Å²) in [5.74, 6) is 0. The Labute approximate surface area is 77.5 Å². The molecule has 0 saturated carbocycles. The van der Waals surface area contributed by atoms with Crippen molar-refractivity contribution in [2.45, 2.75) is 0 Å². The van der Waals surface area contributed by atoms with E-state index in [-0.39, 0.29) is 5.29 Å². The summed E-state index contributed by atoms with van der Waals surface area (Å²) in [6.45, 7) is 3.43. The van der Waals surface area contributed by atoms with Gasteiger partial charge in [0.1, 0.15) is 0 Å². The van der Waals surface area contributed by atoms with Gasteiger partial charge in [0, 0.05) is 11.2 Å². The summed E-state index contributed by atoms with van der Waals surface area (Å²) in [5.41, 5.74) is 5.02. The molecule has 2 nitrogen and oxygen atoms in total. The molecule has 2 N–H and O–H groups in total. The lowest BCUT2D eigenvalue weighted by atomic mass is 10.6. The first kappa shape index (κ1) is 10.0. The second-order valence-corrected chi connectivity index (χ2v) is 3.03. The molecule has 5 heteroatoms. The topological polar surface area (TPSA) is 38.4 Å². The van der Waals surface area contributed by atoms with Crippen molar-refractivity contribution in [3.63, 3.8) is 0 Å². The molecule has 0 aromatic heterocycles. The van der Waals surface area contributed by atoms with Gasteiger partial charge in [-0.1, -0.05) is 18.2 Å². The van der Waals surface area contributed by atoms with Crippen LogP contribution >= 0.6 is 39.1 Å². The van der Waals surface area contributed by atoms with E-state index in [9.17, 15) is 0 Å². The van der Waals surface area contributed by atoms with Crippen molar-refractivity contribution in [2.75, 3.05) is 0 Å². The number of allylic oxidation sites excluding steroid dienone is 2. The zero-order valence-electron chi connectivity index (χ0n) is 4.94. The van der Waals surface area contributed by atoms with Gasteiger partial charge in [0.25, 0.3) is 0 Å². The first-order valence-corrected chi connectivity index (χ1v) is 3.78. The van der Waals surface area contributed by atoms with Crippen molar-refractivity contribution in [1.29, 1.82) is 0 Å². The van der Waals surface area contributed by atoms with Crippen molar-refractivity contribution in [3.05, 3.63) is 22.3 Å². The highest BCUT2D eigenvalue weighted by atomic mass is 79.9. The zero-order chi connectivity index (χ0) is 8.15. The van der Waals surface area contributed by atoms with E-state index in [4.69, 9.17) is 28.9 Å². The average Bonchev–Trinajstić information content (AvgIpc) is 1.82. The predicted octanol–water partition coefficient (Wildman–Crippen LogP) is 2.53. The monoisotopic (exact) mass is 242 g/mol. The van der Waals surface area contributed by atoms with E-state index in [1.165, 1.54) is 6.20 Å². The molecule has 0 aromatic carbocycles. The van der Waals surface area contributed by atoms with Crippen LogP contribution in [-0.2, 0) is 0 Å². The lowest BCUT2D eigenvalue weighted by Crippen LogP contribution is -1.99. The van der Waals surface area contributed by atoms with Gasteiger partial charge in [-0.25, -0.2) is 4.99 Å². The zero-order valence-corrected chi connectivity index (χ0v) is 8.04. The molecule has 0 atom stereocenters. The van der Waals surface area contributed by atoms with Crippen LogP contribution in [0.15, 0.2) is 27.3 Å². The lowest BCUT2D eigenvalue weighted by molar-refractivity contribution is 1.53. The molecule has 0 aromatic rings. The number of nitrogens with two attached hydrogens (primary N) is 1. The fourth-order valence-corrected chi connectivity index (χ4v) is 0.388. The van der Waals surface area contributed by atoms with Gasteiger partial charge in [-0.05, 0) is 27.5 Å². The Kier molecular flexibility index (Phi) is 4.77. The number of hydrogen-bond acceptors (Lipinski definition) is 1. The predicted molar refractivity (Wildman–Crippen MR) is 49.5 cm³/mol. The van der Waals surface area contributed by atoms with E-state index in [1.54, 1.807) is 0 Å². The first-order valence-electron chi connectivity index (χ1n) is 2.23. The van der Waals surface area contributed by atoms with Crippen LogP contribution in [0.1, 0.15) is 0 Å². The Hall–Kier alpha value is 0.01000. The standard InChI is InChI=1S/C5H5BrCl2N2/c1-3(7)4(6)2-10-5(8)9/h2H,1H2,(H2,9,10)/b4-2+. The molecule has 0 rings (SSSR count). The van der Waals surface area contributed by atoms with E-state index < -0.39 is 0 Å². The maximum Gasteiger partial charge on any atom is 0.193 e.